The summed E-state index contributed by atoms with van der Waals surface area (Å²) in [4.78, 5) is 22.8. The molecule has 29 heavy (non-hydrogen) atoms. The second-order valence-electron chi connectivity index (χ2n) is 9.78. The third-order valence-corrected chi connectivity index (χ3v) is 11.2. The van der Waals surface area contributed by atoms with Gasteiger partial charge in [0, 0.05) is 44.6 Å². The van der Waals surface area contributed by atoms with Crippen LogP contribution in [0.25, 0.3) is 0 Å². The summed E-state index contributed by atoms with van der Waals surface area (Å²) in [6.07, 6.45) is 5.54. The molecule has 0 aromatic rings. The van der Waals surface area contributed by atoms with Crippen molar-refractivity contribution in [3.63, 3.8) is 0 Å². The summed E-state index contributed by atoms with van der Waals surface area (Å²) in [6.45, 7) is 13.3. The highest BCUT2D eigenvalue weighted by atomic mass is 28.4. The Morgan fingerprint density at radius 1 is 1.28 bits per heavy atom. The summed E-state index contributed by atoms with van der Waals surface area (Å²) in [5.74, 6) is 1.02. The zero-order valence-electron chi connectivity index (χ0n) is 19.1. The molecule has 2 rings (SSSR count). The van der Waals surface area contributed by atoms with E-state index in [4.69, 9.17) is 13.9 Å². The Morgan fingerprint density at radius 2 is 1.97 bits per heavy atom. The van der Waals surface area contributed by atoms with Crippen molar-refractivity contribution in [2.24, 2.45) is 11.8 Å². The predicted octanol–water partition coefficient (Wildman–Crippen LogP) is 4.59. The van der Waals surface area contributed by atoms with Crippen LogP contribution in [0.1, 0.15) is 59.8 Å². The lowest BCUT2D eigenvalue weighted by atomic mass is 9.92. The molecule has 1 heterocycles. The summed E-state index contributed by atoms with van der Waals surface area (Å²) in [5.41, 5.74) is 0. The van der Waals surface area contributed by atoms with Crippen LogP contribution in [0.15, 0.2) is 11.8 Å². The first-order valence-electron chi connectivity index (χ1n) is 10.7. The van der Waals surface area contributed by atoms with Gasteiger partial charge in [0.15, 0.2) is 8.32 Å². The molecule has 0 aromatic carbocycles. The van der Waals surface area contributed by atoms with Crippen LogP contribution < -0.4 is 0 Å². The van der Waals surface area contributed by atoms with E-state index in [1.807, 2.05) is 0 Å². The molecule has 4 atom stereocenters. The fourth-order valence-electron chi connectivity index (χ4n) is 3.87. The number of allylic oxidation sites excluding steroid dienone is 2. The number of unbranched alkanes of at least 4 members (excludes halogenated alkanes) is 1. The maximum absolute atomic E-state index is 11.6. The highest BCUT2D eigenvalue weighted by Crippen LogP contribution is 2.47. The van der Waals surface area contributed by atoms with Crippen molar-refractivity contribution < 1.29 is 28.2 Å². The van der Waals surface area contributed by atoms with Crippen LogP contribution >= 0.6 is 0 Å². The number of esters is 2. The van der Waals surface area contributed by atoms with Gasteiger partial charge in [0.05, 0.1) is 12.9 Å². The average molecular weight is 427 g/mol. The highest BCUT2D eigenvalue weighted by molar-refractivity contribution is 6.74. The summed E-state index contributed by atoms with van der Waals surface area (Å²) in [5, 5.41) is 0.138. The Balaban J connectivity index is 1.99. The molecular formula is C22H38O6Si. The molecule has 0 N–H and O–H groups in total. The van der Waals surface area contributed by atoms with Crippen molar-refractivity contribution in [1.29, 1.82) is 0 Å². The van der Waals surface area contributed by atoms with Gasteiger partial charge in [-0.3, -0.25) is 9.59 Å². The summed E-state index contributed by atoms with van der Waals surface area (Å²) < 4.78 is 23.0. The van der Waals surface area contributed by atoms with E-state index in [2.05, 4.69) is 44.7 Å². The van der Waals surface area contributed by atoms with Gasteiger partial charge in [0.1, 0.15) is 12.2 Å². The van der Waals surface area contributed by atoms with E-state index in [1.54, 1.807) is 0 Å². The number of fused-ring (bicyclic) bond motifs is 1. The third kappa shape index (κ3) is 6.32. The van der Waals surface area contributed by atoms with Crippen LogP contribution in [0.2, 0.25) is 18.1 Å². The highest BCUT2D eigenvalue weighted by Gasteiger charge is 2.51. The Hall–Kier alpha value is -1.34. The molecule has 0 amide bonds. The summed E-state index contributed by atoms with van der Waals surface area (Å²) in [7, 11) is -0.473. The Labute approximate surface area is 176 Å². The topological polar surface area (TPSA) is 71.1 Å². The molecule has 1 aliphatic carbocycles. The van der Waals surface area contributed by atoms with Crippen LogP contribution in [0.3, 0.4) is 0 Å². The van der Waals surface area contributed by atoms with E-state index in [-0.39, 0.29) is 35.1 Å². The van der Waals surface area contributed by atoms with Gasteiger partial charge < -0.3 is 18.6 Å². The molecule has 1 aliphatic heterocycles. The lowest BCUT2D eigenvalue weighted by Crippen LogP contribution is -2.43. The Bertz CT molecular complexity index is 621. The van der Waals surface area contributed by atoms with Crippen molar-refractivity contribution in [3.05, 3.63) is 11.8 Å². The molecular weight excluding hydrogens is 388 g/mol. The molecule has 2 fully saturated rings. The van der Waals surface area contributed by atoms with Gasteiger partial charge in [-0.25, -0.2) is 0 Å². The van der Waals surface area contributed by atoms with Gasteiger partial charge in [-0.1, -0.05) is 20.8 Å². The fraction of sp³-hybridized carbons (Fsp3) is 0.818. The van der Waals surface area contributed by atoms with Gasteiger partial charge in [0.25, 0.3) is 0 Å². The lowest BCUT2D eigenvalue weighted by molar-refractivity contribution is -0.149. The van der Waals surface area contributed by atoms with Gasteiger partial charge in [-0.2, -0.15) is 0 Å². The van der Waals surface area contributed by atoms with Crippen LogP contribution in [-0.4, -0.2) is 46.2 Å². The molecule has 166 valence electrons. The van der Waals surface area contributed by atoms with Crippen LogP contribution in [0.4, 0.5) is 0 Å². The fourth-order valence-corrected chi connectivity index (χ4v) is 4.91. The number of rotatable bonds is 8. The van der Waals surface area contributed by atoms with Gasteiger partial charge in [-0.15, -0.1) is 0 Å². The van der Waals surface area contributed by atoms with Gasteiger partial charge >= 0.3 is 11.9 Å². The summed E-state index contributed by atoms with van der Waals surface area (Å²) in [6, 6.07) is 0. The van der Waals surface area contributed by atoms with Crippen molar-refractivity contribution in [2.75, 3.05) is 13.7 Å². The third-order valence-electron chi connectivity index (χ3n) is 6.65. The number of carbonyl (C=O) groups excluding carboxylic acids is 2. The maximum atomic E-state index is 11.6. The second kappa shape index (κ2) is 9.64. The zero-order chi connectivity index (χ0) is 21.8. The molecule has 0 spiro atoms. The normalized spacial score (nSPS) is 28.2. The van der Waals surface area contributed by atoms with E-state index in [1.165, 1.54) is 14.0 Å². The smallest absolute Gasteiger partial charge is 0.305 e. The molecule has 0 unspecified atom stereocenters. The zero-order valence-corrected chi connectivity index (χ0v) is 20.1. The molecule has 0 radical (unpaired) electrons. The standard InChI is InChI=1S/C22H38O6Si/c1-15(23)27-20-13-19-17(18(20)14-26-29(6,7)22(2,3)4)12-16(28-19)10-8-9-11-21(24)25-5/h10,17-20H,8-9,11-14H2,1-7H3/b16-10-/t17-,18-,19+,20-/m1/s1. The van der Waals surface area contributed by atoms with E-state index in [0.29, 0.717) is 18.9 Å². The first-order chi connectivity index (χ1) is 13.4. The molecule has 7 heteroatoms. The number of methoxy groups -OCH3 is 1. The largest absolute Gasteiger partial charge is 0.495 e. The summed E-state index contributed by atoms with van der Waals surface area (Å²) >= 11 is 0. The first kappa shape index (κ1) is 23.9. The molecule has 6 nitrogen and oxygen atoms in total. The van der Waals surface area contributed by atoms with Crippen LogP contribution in [-0.2, 0) is 28.2 Å². The molecule has 1 saturated carbocycles. The number of carbonyl (C=O) groups is 2. The monoisotopic (exact) mass is 426 g/mol. The minimum absolute atomic E-state index is 0.0687. The van der Waals surface area contributed by atoms with Gasteiger partial charge in [-0.05, 0) is 37.0 Å². The molecule has 2 aliphatic rings. The molecule has 1 saturated heterocycles. The van der Waals surface area contributed by atoms with Crippen molar-refractivity contribution >= 4 is 20.3 Å². The molecule has 0 bridgehead atoms. The van der Waals surface area contributed by atoms with Crippen molar-refractivity contribution in [3.8, 4) is 0 Å². The van der Waals surface area contributed by atoms with Crippen molar-refractivity contribution in [1.82, 2.24) is 0 Å². The average Bonchev–Trinajstić information content (AvgIpc) is 3.12. The second-order valence-corrected chi connectivity index (χ2v) is 14.6. The maximum Gasteiger partial charge on any atom is 0.305 e. The van der Waals surface area contributed by atoms with E-state index in [0.717, 1.165) is 31.4 Å². The van der Waals surface area contributed by atoms with E-state index < -0.39 is 8.32 Å². The predicted molar refractivity (Wildman–Crippen MR) is 114 cm³/mol. The number of hydrogen-bond donors (Lipinski definition) is 0. The van der Waals surface area contributed by atoms with Gasteiger partial charge in [0.2, 0.25) is 0 Å². The quantitative estimate of drug-likeness (QED) is 0.321. The lowest BCUT2D eigenvalue weighted by Gasteiger charge is -2.38. The van der Waals surface area contributed by atoms with E-state index >= 15 is 0 Å². The Morgan fingerprint density at radius 3 is 2.55 bits per heavy atom. The number of hydrogen-bond acceptors (Lipinski definition) is 6. The number of ether oxygens (including phenoxy) is 3. The minimum atomic E-state index is -1.88. The minimum Gasteiger partial charge on any atom is -0.495 e. The Kier molecular flexibility index (Phi) is 7.96. The van der Waals surface area contributed by atoms with Crippen LogP contribution in [0.5, 0.6) is 0 Å². The van der Waals surface area contributed by atoms with Crippen LogP contribution in [0, 0.1) is 11.8 Å². The van der Waals surface area contributed by atoms with E-state index in [9.17, 15) is 9.59 Å². The molecule has 0 aromatic heterocycles. The SMILES string of the molecule is COC(=O)CCC/C=C1/C[C@@H]2[C@@H](CO[Si](C)(C)C(C)(C)C)[C@H](OC(C)=O)C[C@@H]2O1. The first-order valence-corrected chi connectivity index (χ1v) is 13.6. The van der Waals surface area contributed by atoms with Crippen molar-refractivity contribution in [2.45, 2.75) is 90.1 Å².